The smallest absolute Gasteiger partial charge is 0.243 e. The van der Waals surface area contributed by atoms with Gasteiger partial charge in [0.1, 0.15) is 0 Å². The van der Waals surface area contributed by atoms with Crippen molar-refractivity contribution in [1.29, 1.82) is 0 Å². The minimum absolute atomic E-state index is 0.100. The molecule has 20 heavy (non-hydrogen) atoms. The van der Waals surface area contributed by atoms with Crippen LogP contribution in [0.1, 0.15) is 24.1 Å². The van der Waals surface area contributed by atoms with Crippen LogP contribution in [0.25, 0.3) is 0 Å². The number of H-pyrrole nitrogens is 1. The van der Waals surface area contributed by atoms with Crippen molar-refractivity contribution in [2.45, 2.75) is 24.3 Å². The lowest BCUT2D eigenvalue weighted by Crippen LogP contribution is -2.37. The molecule has 2 aromatic rings. The molecule has 106 valence electrons. The fourth-order valence-corrected chi connectivity index (χ4v) is 4.10. The molecule has 1 atom stereocenters. The number of rotatable bonds is 2. The number of halogens is 1. The third kappa shape index (κ3) is 2.24. The van der Waals surface area contributed by atoms with Crippen molar-refractivity contribution in [3.05, 3.63) is 46.7 Å². The van der Waals surface area contributed by atoms with Gasteiger partial charge in [-0.05, 0) is 24.3 Å². The van der Waals surface area contributed by atoms with Crippen LogP contribution in [-0.2, 0) is 16.6 Å². The fraction of sp³-hybridized carbons (Fsp3) is 0.308. The SMILES string of the molecule is CC1CN(S(=O)(=O)c2ccc(Cl)cc2)Cc2cn[nH]c21. The second-order valence-electron chi connectivity index (χ2n) is 4.96. The Hall–Kier alpha value is -1.37. The van der Waals surface area contributed by atoms with E-state index in [4.69, 9.17) is 11.6 Å². The van der Waals surface area contributed by atoms with Crippen molar-refractivity contribution in [2.24, 2.45) is 0 Å². The van der Waals surface area contributed by atoms with Crippen molar-refractivity contribution in [3.63, 3.8) is 0 Å². The van der Waals surface area contributed by atoms with Gasteiger partial charge in [-0.15, -0.1) is 0 Å². The highest BCUT2D eigenvalue weighted by molar-refractivity contribution is 7.89. The molecule has 0 radical (unpaired) electrons. The molecule has 7 heteroatoms. The first kappa shape index (κ1) is 13.6. The molecule has 1 unspecified atom stereocenters. The maximum Gasteiger partial charge on any atom is 0.243 e. The van der Waals surface area contributed by atoms with Gasteiger partial charge in [-0.25, -0.2) is 8.42 Å². The number of hydrogen-bond donors (Lipinski definition) is 1. The molecule has 1 aromatic carbocycles. The van der Waals surface area contributed by atoms with E-state index in [0.717, 1.165) is 11.3 Å². The lowest BCUT2D eigenvalue weighted by Gasteiger charge is -2.29. The van der Waals surface area contributed by atoms with Crippen molar-refractivity contribution in [2.75, 3.05) is 6.54 Å². The minimum atomic E-state index is -3.50. The highest BCUT2D eigenvalue weighted by Gasteiger charge is 2.32. The molecule has 0 fully saturated rings. The number of hydrogen-bond acceptors (Lipinski definition) is 3. The van der Waals surface area contributed by atoms with Crippen molar-refractivity contribution >= 4 is 21.6 Å². The Morgan fingerprint density at radius 2 is 2.05 bits per heavy atom. The lowest BCUT2D eigenvalue weighted by atomic mass is 10.0. The lowest BCUT2D eigenvalue weighted by molar-refractivity contribution is 0.361. The summed E-state index contributed by atoms with van der Waals surface area (Å²) in [5.74, 6) is 0.100. The molecule has 0 bridgehead atoms. The Balaban J connectivity index is 1.95. The van der Waals surface area contributed by atoms with E-state index in [0.29, 0.717) is 18.1 Å². The van der Waals surface area contributed by atoms with Crippen LogP contribution in [0.5, 0.6) is 0 Å². The Morgan fingerprint density at radius 1 is 1.35 bits per heavy atom. The second kappa shape index (κ2) is 4.87. The van der Waals surface area contributed by atoms with Crippen molar-refractivity contribution < 1.29 is 8.42 Å². The number of aromatic nitrogens is 2. The van der Waals surface area contributed by atoms with Gasteiger partial charge in [-0.2, -0.15) is 9.40 Å². The molecule has 0 saturated heterocycles. The van der Waals surface area contributed by atoms with Crippen molar-refractivity contribution in [1.82, 2.24) is 14.5 Å². The fourth-order valence-electron chi connectivity index (χ4n) is 2.46. The Bertz CT molecular complexity index is 724. The van der Waals surface area contributed by atoms with E-state index in [-0.39, 0.29) is 10.8 Å². The third-order valence-corrected chi connectivity index (χ3v) is 5.60. The largest absolute Gasteiger partial charge is 0.282 e. The van der Waals surface area contributed by atoms with Gasteiger partial charge in [0.15, 0.2) is 0 Å². The third-order valence-electron chi connectivity index (χ3n) is 3.52. The van der Waals surface area contributed by atoms with Gasteiger partial charge in [-0.1, -0.05) is 18.5 Å². The predicted octanol–water partition coefficient (Wildman–Crippen LogP) is 2.37. The summed E-state index contributed by atoms with van der Waals surface area (Å²) >= 11 is 5.80. The van der Waals surface area contributed by atoms with Crippen LogP contribution in [0.4, 0.5) is 0 Å². The van der Waals surface area contributed by atoms with E-state index >= 15 is 0 Å². The molecular weight excluding hydrogens is 298 g/mol. The molecule has 0 saturated carbocycles. The van der Waals surface area contributed by atoms with Crippen LogP contribution in [0, 0.1) is 0 Å². The highest BCUT2D eigenvalue weighted by Crippen LogP contribution is 2.30. The van der Waals surface area contributed by atoms with Gasteiger partial charge in [0.05, 0.1) is 11.1 Å². The number of nitrogens with zero attached hydrogens (tertiary/aromatic N) is 2. The molecule has 1 N–H and O–H groups in total. The average Bonchev–Trinajstić information content (AvgIpc) is 2.88. The molecule has 0 spiro atoms. The summed E-state index contributed by atoms with van der Waals surface area (Å²) in [5.41, 5.74) is 1.95. The van der Waals surface area contributed by atoms with E-state index in [1.807, 2.05) is 6.92 Å². The van der Waals surface area contributed by atoms with E-state index in [1.54, 1.807) is 18.3 Å². The summed E-state index contributed by atoms with van der Waals surface area (Å²) < 4.78 is 26.7. The van der Waals surface area contributed by atoms with Gasteiger partial charge >= 0.3 is 0 Å². The van der Waals surface area contributed by atoms with Gasteiger partial charge < -0.3 is 0 Å². The van der Waals surface area contributed by atoms with E-state index in [9.17, 15) is 8.42 Å². The first-order valence-electron chi connectivity index (χ1n) is 6.26. The normalized spacial score (nSPS) is 19.8. The predicted molar refractivity (Wildman–Crippen MR) is 76.1 cm³/mol. The van der Waals surface area contributed by atoms with E-state index < -0.39 is 10.0 Å². The molecule has 2 heterocycles. The van der Waals surface area contributed by atoms with Crippen LogP contribution in [0.2, 0.25) is 5.02 Å². The van der Waals surface area contributed by atoms with Crippen LogP contribution < -0.4 is 0 Å². The van der Waals surface area contributed by atoms with Crippen LogP contribution in [-0.4, -0.2) is 29.5 Å². The van der Waals surface area contributed by atoms with Gasteiger partial charge in [0, 0.05) is 35.3 Å². The second-order valence-corrected chi connectivity index (χ2v) is 7.34. The van der Waals surface area contributed by atoms with Gasteiger partial charge in [-0.3, -0.25) is 5.10 Å². The van der Waals surface area contributed by atoms with Gasteiger partial charge in [0.25, 0.3) is 0 Å². The molecule has 0 amide bonds. The maximum atomic E-state index is 12.6. The monoisotopic (exact) mass is 311 g/mol. The summed E-state index contributed by atoms with van der Waals surface area (Å²) in [5, 5.41) is 7.45. The first-order chi connectivity index (χ1) is 9.48. The zero-order valence-corrected chi connectivity index (χ0v) is 12.4. The summed E-state index contributed by atoms with van der Waals surface area (Å²) in [7, 11) is -3.50. The number of benzene rings is 1. The topological polar surface area (TPSA) is 66.1 Å². The average molecular weight is 312 g/mol. The zero-order chi connectivity index (χ0) is 14.3. The first-order valence-corrected chi connectivity index (χ1v) is 8.08. The summed E-state index contributed by atoms with van der Waals surface area (Å²) in [6.45, 7) is 2.78. The summed E-state index contributed by atoms with van der Waals surface area (Å²) in [6, 6.07) is 6.25. The van der Waals surface area contributed by atoms with E-state index in [1.165, 1.54) is 16.4 Å². The molecule has 5 nitrogen and oxygen atoms in total. The number of fused-ring (bicyclic) bond motifs is 1. The number of aromatic amines is 1. The molecule has 1 aliphatic heterocycles. The number of nitrogens with one attached hydrogen (secondary N) is 1. The molecule has 1 aliphatic rings. The van der Waals surface area contributed by atoms with Crippen LogP contribution in [0.3, 0.4) is 0 Å². The maximum absolute atomic E-state index is 12.6. The van der Waals surface area contributed by atoms with Gasteiger partial charge in [0.2, 0.25) is 10.0 Å². The Kier molecular flexibility index (Phi) is 3.32. The van der Waals surface area contributed by atoms with E-state index in [2.05, 4.69) is 10.2 Å². The molecule has 3 rings (SSSR count). The molecule has 1 aromatic heterocycles. The Labute approximate surface area is 122 Å². The zero-order valence-electron chi connectivity index (χ0n) is 10.9. The van der Waals surface area contributed by atoms with Crippen molar-refractivity contribution in [3.8, 4) is 0 Å². The quantitative estimate of drug-likeness (QED) is 0.926. The summed E-state index contributed by atoms with van der Waals surface area (Å²) in [4.78, 5) is 0.265. The number of sulfonamides is 1. The molecular formula is C13H14ClN3O2S. The molecule has 0 aliphatic carbocycles. The Morgan fingerprint density at radius 3 is 2.75 bits per heavy atom. The van der Waals surface area contributed by atoms with Crippen LogP contribution in [0.15, 0.2) is 35.4 Å². The highest BCUT2D eigenvalue weighted by atomic mass is 35.5. The standard InChI is InChI=1S/C13H14ClN3O2S/c1-9-7-17(8-10-6-15-16-13(9)10)20(18,19)12-4-2-11(14)3-5-12/h2-6,9H,7-8H2,1H3,(H,15,16). The minimum Gasteiger partial charge on any atom is -0.282 e. The summed E-state index contributed by atoms with van der Waals surface area (Å²) in [6.07, 6.45) is 1.69. The van der Waals surface area contributed by atoms with Crippen LogP contribution >= 0.6 is 11.6 Å².